The quantitative estimate of drug-likeness (QED) is 0.606. The predicted molar refractivity (Wildman–Crippen MR) is 68.3 cm³/mol. The molecule has 0 aromatic heterocycles. The molecule has 92 valence electrons. The molecule has 1 aromatic carbocycles. The molecule has 1 fully saturated rings. The zero-order valence-electron chi connectivity index (χ0n) is 9.93. The van der Waals surface area contributed by atoms with Crippen LogP contribution in [0.2, 0.25) is 0 Å². The molecule has 3 heteroatoms. The molecule has 0 spiro atoms. The van der Waals surface area contributed by atoms with E-state index in [0.717, 1.165) is 19.3 Å². The number of rotatable bonds is 3. The zero-order valence-corrected chi connectivity index (χ0v) is 10.7. The third-order valence-corrected chi connectivity index (χ3v) is 3.72. The molecule has 0 heterocycles. The molecule has 17 heavy (non-hydrogen) atoms. The molecule has 2 rings (SSSR count). The van der Waals surface area contributed by atoms with Crippen LogP contribution in [-0.2, 0) is 4.74 Å². The van der Waals surface area contributed by atoms with Crippen LogP contribution in [0.15, 0.2) is 30.3 Å². The summed E-state index contributed by atoms with van der Waals surface area (Å²) in [7, 11) is 0. The number of ether oxygens (including phenoxy) is 1. The number of halogens is 1. The maximum Gasteiger partial charge on any atom is 0.338 e. The summed E-state index contributed by atoms with van der Waals surface area (Å²) in [6.45, 7) is 2.11. The van der Waals surface area contributed by atoms with E-state index >= 15 is 0 Å². The van der Waals surface area contributed by atoms with Gasteiger partial charge in [0, 0.05) is 11.8 Å². The van der Waals surface area contributed by atoms with Gasteiger partial charge < -0.3 is 4.74 Å². The molecule has 0 radical (unpaired) electrons. The monoisotopic (exact) mass is 252 g/mol. The number of benzene rings is 1. The van der Waals surface area contributed by atoms with E-state index in [1.54, 1.807) is 12.1 Å². The summed E-state index contributed by atoms with van der Waals surface area (Å²) in [5, 5.41) is 0.147. The lowest BCUT2D eigenvalue weighted by molar-refractivity contribution is 0.0203. The van der Waals surface area contributed by atoms with Gasteiger partial charge in [0.2, 0.25) is 0 Å². The molecule has 1 saturated carbocycles. The van der Waals surface area contributed by atoms with Gasteiger partial charge in [0.05, 0.1) is 5.56 Å². The van der Waals surface area contributed by atoms with Crippen LogP contribution in [0.4, 0.5) is 0 Å². The Hall–Kier alpha value is -1.02. The summed E-state index contributed by atoms with van der Waals surface area (Å²) in [5.41, 5.74) is 0.611. The number of hydrogen-bond donors (Lipinski definition) is 0. The Morgan fingerprint density at radius 2 is 2.06 bits per heavy atom. The first kappa shape index (κ1) is 12.4. The number of esters is 1. The van der Waals surface area contributed by atoms with E-state index in [-0.39, 0.29) is 17.5 Å². The Morgan fingerprint density at radius 3 is 2.71 bits per heavy atom. The molecule has 1 aromatic rings. The second-order valence-corrected chi connectivity index (χ2v) is 5.16. The third-order valence-electron chi connectivity index (χ3n) is 3.36. The van der Waals surface area contributed by atoms with Crippen LogP contribution in [0.25, 0.3) is 0 Å². The minimum absolute atomic E-state index is 0.0183. The molecule has 3 unspecified atom stereocenters. The summed E-state index contributed by atoms with van der Waals surface area (Å²) < 4.78 is 5.55. The SMILES string of the molecule is CCC1CC(Cl)CC1OC(=O)c1ccccc1. The first-order chi connectivity index (χ1) is 8.20. The molecule has 0 N–H and O–H groups in total. The minimum atomic E-state index is -0.236. The Labute approximate surface area is 107 Å². The molecule has 2 nitrogen and oxygen atoms in total. The van der Waals surface area contributed by atoms with Crippen molar-refractivity contribution in [2.24, 2.45) is 5.92 Å². The van der Waals surface area contributed by atoms with Crippen LogP contribution >= 0.6 is 11.6 Å². The summed E-state index contributed by atoms with van der Waals surface area (Å²) in [6.07, 6.45) is 2.72. The fourth-order valence-corrected chi connectivity index (χ4v) is 2.78. The van der Waals surface area contributed by atoms with Gasteiger partial charge in [0.1, 0.15) is 6.10 Å². The lowest BCUT2D eigenvalue weighted by Crippen LogP contribution is -2.22. The van der Waals surface area contributed by atoms with Crippen LogP contribution in [0.3, 0.4) is 0 Å². The molecule has 0 bridgehead atoms. The number of carbonyl (C=O) groups is 1. The highest BCUT2D eigenvalue weighted by molar-refractivity contribution is 6.20. The van der Waals surface area contributed by atoms with Gasteiger partial charge in [-0.1, -0.05) is 25.1 Å². The summed E-state index contributed by atoms with van der Waals surface area (Å²) in [5.74, 6) is 0.171. The van der Waals surface area contributed by atoms with E-state index in [2.05, 4.69) is 6.92 Å². The third kappa shape index (κ3) is 3.01. The van der Waals surface area contributed by atoms with Gasteiger partial charge >= 0.3 is 5.97 Å². The van der Waals surface area contributed by atoms with Crippen molar-refractivity contribution in [3.05, 3.63) is 35.9 Å². The van der Waals surface area contributed by atoms with E-state index in [1.165, 1.54) is 0 Å². The van der Waals surface area contributed by atoms with Gasteiger partial charge in [-0.3, -0.25) is 0 Å². The lowest BCUT2D eigenvalue weighted by atomic mass is 10.0. The second kappa shape index (κ2) is 5.54. The molecule has 0 saturated heterocycles. The van der Waals surface area contributed by atoms with Crippen molar-refractivity contribution >= 4 is 17.6 Å². The van der Waals surface area contributed by atoms with E-state index in [9.17, 15) is 4.79 Å². The second-order valence-electron chi connectivity index (χ2n) is 4.55. The van der Waals surface area contributed by atoms with Crippen LogP contribution in [-0.4, -0.2) is 17.5 Å². The van der Waals surface area contributed by atoms with E-state index < -0.39 is 0 Å². The Morgan fingerprint density at radius 1 is 1.35 bits per heavy atom. The van der Waals surface area contributed by atoms with Gasteiger partial charge in [-0.25, -0.2) is 4.79 Å². The van der Waals surface area contributed by atoms with Crippen LogP contribution in [0.1, 0.15) is 36.5 Å². The standard InChI is InChI=1S/C14H17ClO2/c1-2-10-8-12(15)9-13(10)17-14(16)11-6-4-3-5-7-11/h3-7,10,12-13H,2,8-9H2,1H3. The minimum Gasteiger partial charge on any atom is -0.458 e. The maximum absolute atomic E-state index is 11.9. The fraction of sp³-hybridized carbons (Fsp3) is 0.500. The Balaban J connectivity index is 1.99. The average Bonchev–Trinajstić information content (AvgIpc) is 2.70. The molecule has 3 atom stereocenters. The van der Waals surface area contributed by atoms with E-state index in [4.69, 9.17) is 16.3 Å². The largest absolute Gasteiger partial charge is 0.458 e. The fourth-order valence-electron chi connectivity index (χ4n) is 2.37. The molecule has 0 amide bonds. The van der Waals surface area contributed by atoms with Gasteiger partial charge in [-0.2, -0.15) is 0 Å². The van der Waals surface area contributed by atoms with Crippen LogP contribution in [0.5, 0.6) is 0 Å². The van der Waals surface area contributed by atoms with Crippen molar-refractivity contribution in [3.63, 3.8) is 0 Å². The molecular formula is C14H17ClO2. The smallest absolute Gasteiger partial charge is 0.338 e. The number of carbonyl (C=O) groups excluding carboxylic acids is 1. The predicted octanol–water partition coefficient (Wildman–Crippen LogP) is 3.64. The van der Waals surface area contributed by atoms with Crippen LogP contribution in [0, 0.1) is 5.92 Å². The Bertz CT molecular complexity index is 377. The summed E-state index contributed by atoms with van der Waals surface area (Å²) in [4.78, 5) is 11.9. The lowest BCUT2D eigenvalue weighted by Gasteiger charge is -2.18. The van der Waals surface area contributed by atoms with Gasteiger partial charge in [-0.15, -0.1) is 11.6 Å². The normalized spacial score (nSPS) is 28.0. The zero-order chi connectivity index (χ0) is 12.3. The van der Waals surface area contributed by atoms with Crippen molar-refractivity contribution < 1.29 is 9.53 Å². The van der Waals surface area contributed by atoms with Gasteiger partial charge in [0.25, 0.3) is 0 Å². The van der Waals surface area contributed by atoms with Crippen molar-refractivity contribution in [3.8, 4) is 0 Å². The topological polar surface area (TPSA) is 26.3 Å². The van der Waals surface area contributed by atoms with E-state index in [1.807, 2.05) is 18.2 Å². The Kier molecular flexibility index (Phi) is 4.06. The average molecular weight is 253 g/mol. The summed E-state index contributed by atoms with van der Waals surface area (Å²) in [6, 6.07) is 9.11. The highest BCUT2D eigenvalue weighted by Gasteiger charge is 2.34. The van der Waals surface area contributed by atoms with Crippen molar-refractivity contribution in [2.75, 3.05) is 0 Å². The van der Waals surface area contributed by atoms with E-state index in [0.29, 0.717) is 11.5 Å². The first-order valence-corrected chi connectivity index (χ1v) is 6.54. The van der Waals surface area contributed by atoms with Crippen molar-refractivity contribution in [1.82, 2.24) is 0 Å². The molecular weight excluding hydrogens is 236 g/mol. The molecule has 1 aliphatic rings. The number of alkyl halides is 1. The first-order valence-electron chi connectivity index (χ1n) is 6.10. The highest BCUT2D eigenvalue weighted by atomic mass is 35.5. The molecule has 1 aliphatic carbocycles. The summed E-state index contributed by atoms with van der Waals surface area (Å²) >= 11 is 6.12. The molecule has 0 aliphatic heterocycles. The highest BCUT2D eigenvalue weighted by Crippen LogP contribution is 2.34. The number of hydrogen-bond acceptors (Lipinski definition) is 2. The van der Waals surface area contributed by atoms with Crippen LogP contribution < -0.4 is 0 Å². The van der Waals surface area contributed by atoms with Gasteiger partial charge in [0.15, 0.2) is 0 Å². The van der Waals surface area contributed by atoms with Gasteiger partial charge in [-0.05, 0) is 30.9 Å². The van der Waals surface area contributed by atoms with Crippen molar-refractivity contribution in [2.45, 2.75) is 37.7 Å². The maximum atomic E-state index is 11.9. The van der Waals surface area contributed by atoms with Crippen molar-refractivity contribution in [1.29, 1.82) is 0 Å².